The summed E-state index contributed by atoms with van der Waals surface area (Å²) < 4.78 is 4.85. The molecule has 6 nitrogen and oxygen atoms in total. The second-order valence-corrected chi connectivity index (χ2v) is 6.72. The Kier molecular flexibility index (Phi) is 10.9. The monoisotopic (exact) mass is 318 g/mol. The molecular weight excluding hydrogens is 284 g/mol. The summed E-state index contributed by atoms with van der Waals surface area (Å²) >= 11 is 0. The van der Waals surface area contributed by atoms with E-state index in [1.807, 2.05) is 0 Å². The summed E-state index contributed by atoms with van der Waals surface area (Å²) in [4.78, 5) is 23.8. The smallest absolute Gasteiger partial charge is 0.408 e. The molecule has 1 amide bonds. The Morgan fingerprint density at radius 2 is 1.50 bits per heavy atom. The van der Waals surface area contributed by atoms with Crippen molar-refractivity contribution in [3.63, 3.8) is 0 Å². The van der Waals surface area contributed by atoms with Gasteiger partial charge in [-0.25, -0.2) is 4.79 Å². The van der Waals surface area contributed by atoms with Crippen LogP contribution in [-0.2, 0) is 9.53 Å². The summed E-state index contributed by atoms with van der Waals surface area (Å²) in [6.45, 7) is 18.8. The van der Waals surface area contributed by atoms with E-state index in [-0.39, 0.29) is 0 Å². The molecule has 0 aromatic carbocycles. The van der Waals surface area contributed by atoms with Crippen LogP contribution in [0.4, 0.5) is 4.79 Å². The standard InChI is InChI=1S/C8H15NO4.C8H19N/c1-5(6(10)11)9-7(12)13-8(2,3)4;1-6-9(7(2)3)8(4)5/h5H,1-4H3,(H,9,12)(H,10,11);7-8H,6H2,1-5H3/t5-;/m1./s1. The molecule has 0 aromatic rings. The second kappa shape index (κ2) is 10.4. The molecule has 0 aromatic heterocycles. The Morgan fingerprint density at radius 1 is 1.09 bits per heavy atom. The zero-order valence-electron chi connectivity index (χ0n) is 15.6. The average molecular weight is 318 g/mol. The van der Waals surface area contributed by atoms with Gasteiger partial charge in [-0.05, 0) is 61.9 Å². The van der Waals surface area contributed by atoms with E-state index in [4.69, 9.17) is 9.84 Å². The zero-order valence-corrected chi connectivity index (χ0v) is 15.6. The molecule has 0 spiro atoms. The molecule has 0 heterocycles. The minimum atomic E-state index is -1.09. The van der Waals surface area contributed by atoms with E-state index in [2.05, 4.69) is 44.8 Å². The van der Waals surface area contributed by atoms with E-state index in [1.165, 1.54) is 6.92 Å². The van der Waals surface area contributed by atoms with E-state index >= 15 is 0 Å². The number of ether oxygens (including phenoxy) is 1. The lowest BCUT2D eigenvalue weighted by Crippen LogP contribution is -2.41. The number of carbonyl (C=O) groups excluding carboxylic acids is 1. The van der Waals surface area contributed by atoms with Crippen molar-refractivity contribution < 1.29 is 19.4 Å². The molecule has 0 aliphatic carbocycles. The van der Waals surface area contributed by atoms with Gasteiger partial charge in [-0.3, -0.25) is 9.69 Å². The quantitative estimate of drug-likeness (QED) is 0.814. The Hall–Kier alpha value is -1.30. The van der Waals surface area contributed by atoms with E-state index in [9.17, 15) is 9.59 Å². The number of amides is 1. The fourth-order valence-electron chi connectivity index (χ4n) is 1.87. The van der Waals surface area contributed by atoms with Crippen LogP contribution in [0.1, 0.15) is 62.3 Å². The maximum Gasteiger partial charge on any atom is 0.408 e. The Labute approximate surface area is 135 Å². The number of hydrogen-bond donors (Lipinski definition) is 2. The molecule has 6 heteroatoms. The van der Waals surface area contributed by atoms with Crippen molar-refractivity contribution in [1.29, 1.82) is 0 Å². The first-order valence-corrected chi connectivity index (χ1v) is 7.79. The molecular formula is C16H34N2O4. The highest BCUT2D eigenvalue weighted by atomic mass is 16.6. The molecule has 0 saturated heterocycles. The first-order chi connectivity index (χ1) is 9.81. The van der Waals surface area contributed by atoms with E-state index in [1.54, 1.807) is 20.8 Å². The Balaban J connectivity index is 0. The van der Waals surface area contributed by atoms with Crippen molar-refractivity contribution in [3.8, 4) is 0 Å². The largest absolute Gasteiger partial charge is 0.480 e. The molecule has 0 saturated carbocycles. The molecule has 0 fully saturated rings. The van der Waals surface area contributed by atoms with Crippen LogP contribution in [0.3, 0.4) is 0 Å². The normalized spacial score (nSPS) is 12.7. The average Bonchev–Trinajstić information content (AvgIpc) is 2.26. The zero-order chi connectivity index (χ0) is 18.1. The lowest BCUT2D eigenvalue weighted by Gasteiger charge is -2.28. The fraction of sp³-hybridized carbons (Fsp3) is 0.875. The summed E-state index contributed by atoms with van der Waals surface area (Å²) in [6, 6.07) is 0.444. The number of carboxylic acid groups (broad SMARTS) is 1. The molecule has 0 rings (SSSR count). The molecule has 132 valence electrons. The van der Waals surface area contributed by atoms with Crippen LogP contribution in [0.5, 0.6) is 0 Å². The lowest BCUT2D eigenvalue weighted by molar-refractivity contribution is -0.139. The highest BCUT2D eigenvalue weighted by Crippen LogP contribution is 2.06. The predicted molar refractivity (Wildman–Crippen MR) is 89.1 cm³/mol. The van der Waals surface area contributed by atoms with Gasteiger partial charge in [0.15, 0.2) is 0 Å². The highest BCUT2D eigenvalue weighted by molar-refractivity contribution is 5.79. The molecule has 2 N–H and O–H groups in total. The number of hydrogen-bond acceptors (Lipinski definition) is 4. The maximum atomic E-state index is 11.0. The van der Waals surface area contributed by atoms with Crippen LogP contribution in [-0.4, -0.2) is 52.3 Å². The molecule has 22 heavy (non-hydrogen) atoms. The van der Waals surface area contributed by atoms with Crippen molar-refractivity contribution in [3.05, 3.63) is 0 Å². The van der Waals surface area contributed by atoms with E-state index < -0.39 is 23.7 Å². The van der Waals surface area contributed by atoms with Gasteiger partial charge in [0.1, 0.15) is 11.6 Å². The molecule has 0 bridgehead atoms. The van der Waals surface area contributed by atoms with Crippen LogP contribution < -0.4 is 5.32 Å². The number of carbonyl (C=O) groups is 2. The van der Waals surface area contributed by atoms with Gasteiger partial charge in [-0.2, -0.15) is 0 Å². The van der Waals surface area contributed by atoms with Gasteiger partial charge < -0.3 is 15.2 Å². The summed E-state index contributed by atoms with van der Waals surface area (Å²) in [7, 11) is 0. The van der Waals surface area contributed by atoms with Gasteiger partial charge in [-0.1, -0.05) is 6.92 Å². The Bertz CT molecular complexity index is 328. The second-order valence-electron chi connectivity index (χ2n) is 6.72. The number of nitrogens with zero attached hydrogens (tertiary/aromatic N) is 1. The van der Waals surface area contributed by atoms with Crippen molar-refractivity contribution in [1.82, 2.24) is 10.2 Å². The summed E-state index contributed by atoms with van der Waals surface area (Å²) in [5.41, 5.74) is -0.609. The fourth-order valence-corrected chi connectivity index (χ4v) is 1.87. The van der Waals surface area contributed by atoms with Gasteiger partial charge >= 0.3 is 12.1 Å². The van der Waals surface area contributed by atoms with E-state index in [0.717, 1.165) is 6.54 Å². The molecule has 0 aliphatic heterocycles. The molecule has 1 atom stereocenters. The van der Waals surface area contributed by atoms with Gasteiger partial charge in [0.2, 0.25) is 0 Å². The van der Waals surface area contributed by atoms with Crippen LogP contribution >= 0.6 is 0 Å². The molecule has 0 radical (unpaired) electrons. The third-order valence-electron chi connectivity index (χ3n) is 2.80. The minimum Gasteiger partial charge on any atom is -0.480 e. The van der Waals surface area contributed by atoms with Crippen LogP contribution in [0, 0.1) is 0 Å². The summed E-state index contributed by atoms with van der Waals surface area (Å²) in [5, 5.41) is 10.6. The molecule has 0 aliphatic rings. The van der Waals surface area contributed by atoms with Crippen LogP contribution in [0.2, 0.25) is 0 Å². The first-order valence-electron chi connectivity index (χ1n) is 7.79. The third kappa shape index (κ3) is 12.4. The lowest BCUT2D eigenvalue weighted by atomic mass is 10.2. The van der Waals surface area contributed by atoms with Crippen molar-refractivity contribution in [2.24, 2.45) is 0 Å². The number of rotatable bonds is 5. The third-order valence-corrected chi connectivity index (χ3v) is 2.80. The first kappa shape index (κ1) is 23.0. The van der Waals surface area contributed by atoms with Gasteiger partial charge in [0.05, 0.1) is 0 Å². The van der Waals surface area contributed by atoms with E-state index in [0.29, 0.717) is 12.1 Å². The van der Waals surface area contributed by atoms with Gasteiger partial charge in [0, 0.05) is 12.1 Å². The minimum absolute atomic E-state index is 0.609. The Morgan fingerprint density at radius 3 is 1.68 bits per heavy atom. The van der Waals surface area contributed by atoms with Crippen LogP contribution in [0.15, 0.2) is 0 Å². The topological polar surface area (TPSA) is 78.9 Å². The highest BCUT2D eigenvalue weighted by Gasteiger charge is 2.20. The number of carboxylic acids is 1. The van der Waals surface area contributed by atoms with Crippen molar-refractivity contribution >= 4 is 12.1 Å². The number of alkyl carbamates (subject to hydrolysis) is 1. The number of aliphatic carboxylic acids is 1. The molecule has 0 unspecified atom stereocenters. The van der Waals surface area contributed by atoms with Crippen molar-refractivity contribution in [2.45, 2.75) is 86.0 Å². The summed E-state index contributed by atoms with van der Waals surface area (Å²) in [5.74, 6) is -1.09. The SMILES string of the molecule is CCN(C(C)C)C(C)C.C[C@@H](NC(=O)OC(C)(C)C)C(=O)O. The van der Waals surface area contributed by atoms with Gasteiger partial charge in [0.25, 0.3) is 0 Å². The predicted octanol–water partition coefficient (Wildman–Crippen LogP) is 3.11. The van der Waals surface area contributed by atoms with Crippen LogP contribution in [0.25, 0.3) is 0 Å². The van der Waals surface area contributed by atoms with Gasteiger partial charge in [-0.15, -0.1) is 0 Å². The number of nitrogens with one attached hydrogen (secondary N) is 1. The maximum absolute atomic E-state index is 11.0. The summed E-state index contributed by atoms with van der Waals surface area (Å²) in [6.07, 6.45) is -0.720. The van der Waals surface area contributed by atoms with Crippen molar-refractivity contribution in [2.75, 3.05) is 6.54 Å².